The molecule has 1 saturated heterocycles. The Bertz CT molecular complexity index is 509. The molecule has 1 atom stereocenters. The van der Waals surface area contributed by atoms with Crippen molar-refractivity contribution >= 4 is 5.91 Å². The summed E-state index contributed by atoms with van der Waals surface area (Å²) in [4.78, 5) is 14.9. The monoisotopic (exact) mass is 288 g/mol. The Balaban J connectivity index is 1.73. The highest BCUT2D eigenvalue weighted by Crippen LogP contribution is 2.33. The number of methoxy groups -OCH3 is 1. The molecular weight excluding hydrogens is 264 g/mol. The van der Waals surface area contributed by atoms with Crippen molar-refractivity contribution < 1.29 is 9.53 Å². The number of ether oxygens (including phenoxy) is 1. The van der Waals surface area contributed by atoms with E-state index in [4.69, 9.17) is 4.74 Å². The normalized spacial score (nSPS) is 19.7. The minimum Gasteiger partial charge on any atom is -0.496 e. The minimum absolute atomic E-state index is 0.113. The predicted molar refractivity (Wildman–Crippen MR) is 82.1 cm³/mol. The van der Waals surface area contributed by atoms with Crippen LogP contribution in [0.15, 0.2) is 24.3 Å². The molecular formula is C17H24N2O2. The fraction of sp³-hybridized carbons (Fsp3) is 0.588. The second kappa shape index (κ2) is 6.06. The molecule has 0 spiro atoms. The number of amides is 1. The van der Waals surface area contributed by atoms with Crippen LogP contribution in [-0.2, 0) is 11.3 Å². The van der Waals surface area contributed by atoms with Gasteiger partial charge in [0.25, 0.3) is 0 Å². The third kappa shape index (κ3) is 3.05. The number of rotatable bonds is 6. The van der Waals surface area contributed by atoms with E-state index < -0.39 is 0 Å². The van der Waals surface area contributed by atoms with Gasteiger partial charge in [-0.15, -0.1) is 0 Å². The molecule has 1 aliphatic carbocycles. The lowest BCUT2D eigenvalue weighted by Gasteiger charge is -2.35. The van der Waals surface area contributed by atoms with Crippen LogP contribution in [0, 0.1) is 11.8 Å². The molecule has 114 valence electrons. The van der Waals surface area contributed by atoms with Crippen LogP contribution in [0.3, 0.4) is 0 Å². The fourth-order valence-corrected chi connectivity index (χ4v) is 2.92. The summed E-state index contributed by atoms with van der Waals surface area (Å²) in [5, 5.41) is 3.26. The molecule has 1 amide bonds. The van der Waals surface area contributed by atoms with Crippen molar-refractivity contribution in [1.82, 2.24) is 10.2 Å². The van der Waals surface area contributed by atoms with Crippen LogP contribution in [0.4, 0.5) is 0 Å². The number of nitrogens with zero attached hydrogens (tertiary/aromatic N) is 1. The minimum atomic E-state index is 0.113. The molecule has 0 aromatic heterocycles. The highest BCUT2D eigenvalue weighted by molar-refractivity contribution is 5.79. The Morgan fingerprint density at radius 1 is 1.38 bits per heavy atom. The van der Waals surface area contributed by atoms with Crippen molar-refractivity contribution in [2.45, 2.75) is 32.4 Å². The van der Waals surface area contributed by atoms with Gasteiger partial charge in [0.1, 0.15) is 5.75 Å². The summed E-state index contributed by atoms with van der Waals surface area (Å²) in [6.07, 6.45) is 2.27. The lowest BCUT2D eigenvalue weighted by atomic mass is 9.87. The van der Waals surface area contributed by atoms with Crippen LogP contribution < -0.4 is 10.1 Å². The Hall–Kier alpha value is -1.55. The number of carbonyl (C=O) groups excluding carboxylic acids is 1. The number of hydrogen-bond donors (Lipinski definition) is 1. The molecule has 1 aromatic carbocycles. The maximum Gasteiger partial charge on any atom is 0.226 e. The first kappa shape index (κ1) is 14.4. The summed E-state index contributed by atoms with van der Waals surface area (Å²) in [7, 11) is 1.69. The zero-order chi connectivity index (χ0) is 14.8. The first-order valence-corrected chi connectivity index (χ1v) is 7.83. The molecule has 2 fully saturated rings. The molecule has 21 heavy (non-hydrogen) atoms. The van der Waals surface area contributed by atoms with Crippen molar-refractivity contribution in [2.75, 3.05) is 20.2 Å². The van der Waals surface area contributed by atoms with Gasteiger partial charge < -0.3 is 15.0 Å². The Morgan fingerprint density at radius 2 is 2.10 bits per heavy atom. The van der Waals surface area contributed by atoms with Crippen molar-refractivity contribution in [3.8, 4) is 5.75 Å². The molecule has 4 nitrogen and oxygen atoms in total. The lowest BCUT2D eigenvalue weighted by Crippen LogP contribution is -2.50. The van der Waals surface area contributed by atoms with E-state index in [-0.39, 0.29) is 5.92 Å². The molecule has 1 unspecified atom stereocenters. The van der Waals surface area contributed by atoms with Crippen LogP contribution in [0.1, 0.15) is 25.3 Å². The van der Waals surface area contributed by atoms with E-state index in [1.165, 1.54) is 0 Å². The molecule has 4 heteroatoms. The largest absolute Gasteiger partial charge is 0.496 e. The second-order valence-electron chi connectivity index (χ2n) is 6.22. The van der Waals surface area contributed by atoms with E-state index >= 15 is 0 Å². The second-order valence-corrected chi connectivity index (χ2v) is 6.22. The highest BCUT2D eigenvalue weighted by Gasteiger charge is 2.38. The molecule has 0 bridgehead atoms. The smallest absolute Gasteiger partial charge is 0.226 e. The number of nitrogens with one attached hydrogen (secondary N) is 1. The topological polar surface area (TPSA) is 41.6 Å². The summed E-state index contributed by atoms with van der Waals surface area (Å²) in [6, 6.07) is 8.42. The van der Waals surface area contributed by atoms with E-state index in [0.29, 0.717) is 24.4 Å². The van der Waals surface area contributed by atoms with E-state index in [1.807, 2.05) is 18.2 Å². The van der Waals surface area contributed by atoms with Gasteiger partial charge in [0.2, 0.25) is 5.91 Å². The molecule has 1 saturated carbocycles. The molecule has 3 rings (SSSR count). The molecule has 0 radical (unpaired) electrons. The Kier molecular flexibility index (Phi) is 4.15. The Morgan fingerprint density at radius 3 is 2.67 bits per heavy atom. The SMILES string of the molecule is COc1ccccc1CN(C(=O)C(C)C1CNC1)C1CC1. The van der Waals surface area contributed by atoms with Gasteiger partial charge in [0.15, 0.2) is 0 Å². The Labute approximate surface area is 126 Å². The number of para-hydroxylation sites is 1. The zero-order valence-electron chi connectivity index (χ0n) is 12.8. The van der Waals surface area contributed by atoms with E-state index in [0.717, 1.165) is 37.2 Å². The molecule has 1 N–H and O–H groups in total. The van der Waals surface area contributed by atoms with Crippen molar-refractivity contribution in [1.29, 1.82) is 0 Å². The predicted octanol–water partition coefficient (Wildman–Crippen LogP) is 2.04. The lowest BCUT2D eigenvalue weighted by molar-refractivity contribution is -0.138. The number of benzene rings is 1. The van der Waals surface area contributed by atoms with Crippen LogP contribution in [0.5, 0.6) is 5.75 Å². The van der Waals surface area contributed by atoms with Gasteiger partial charge in [-0.25, -0.2) is 0 Å². The first-order valence-electron chi connectivity index (χ1n) is 7.83. The third-order valence-corrected chi connectivity index (χ3v) is 4.71. The van der Waals surface area contributed by atoms with Crippen molar-refractivity contribution in [3.05, 3.63) is 29.8 Å². The maximum atomic E-state index is 12.8. The zero-order valence-corrected chi connectivity index (χ0v) is 12.8. The van der Waals surface area contributed by atoms with Crippen LogP contribution >= 0.6 is 0 Å². The fourth-order valence-electron chi connectivity index (χ4n) is 2.92. The van der Waals surface area contributed by atoms with Crippen LogP contribution in [-0.4, -0.2) is 37.0 Å². The van der Waals surface area contributed by atoms with Gasteiger partial charge in [-0.3, -0.25) is 4.79 Å². The molecule has 1 heterocycles. The van der Waals surface area contributed by atoms with Gasteiger partial charge >= 0.3 is 0 Å². The maximum absolute atomic E-state index is 12.8. The summed E-state index contributed by atoms with van der Waals surface area (Å²) >= 11 is 0. The average molecular weight is 288 g/mol. The number of carbonyl (C=O) groups is 1. The third-order valence-electron chi connectivity index (χ3n) is 4.71. The molecule has 1 aromatic rings. The van der Waals surface area contributed by atoms with Crippen molar-refractivity contribution in [3.63, 3.8) is 0 Å². The van der Waals surface area contributed by atoms with Gasteiger partial charge in [-0.2, -0.15) is 0 Å². The summed E-state index contributed by atoms with van der Waals surface area (Å²) in [5.74, 6) is 1.78. The standard InChI is InChI=1S/C17H24N2O2/c1-12(14-9-18-10-14)17(20)19(15-7-8-15)11-13-5-3-4-6-16(13)21-2/h3-6,12,14-15,18H,7-11H2,1-2H3. The van der Waals surface area contributed by atoms with Crippen LogP contribution in [0.25, 0.3) is 0 Å². The summed E-state index contributed by atoms with van der Waals surface area (Å²) in [5.41, 5.74) is 1.10. The van der Waals surface area contributed by atoms with E-state index in [2.05, 4.69) is 23.2 Å². The molecule has 1 aliphatic heterocycles. The van der Waals surface area contributed by atoms with Gasteiger partial charge in [-0.05, 0) is 37.9 Å². The summed E-state index contributed by atoms with van der Waals surface area (Å²) in [6.45, 7) is 4.68. The highest BCUT2D eigenvalue weighted by atomic mass is 16.5. The number of hydrogen-bond acceptors (Lipinski definition) is 3. The van der Waals surface area contributed by atoms with Crippen molar-refractivity contribution in [2.24, 2.45) is 11.8 Å². The van der Waals surface area contributed by atoms with E-state index in [1.54, 1.807) is 7.11 Å². The molecule has 2 aliphatic rings. The van der Waals surface area contributed by atoms with Crippen LogP contribution in [0.2, 0.25) is 0 Å². The quantitative estimate of drug-likeness (QED) is 0.871. The van der Waals surface area contributed by atoms with E-state index in [9.17, 15) is 4.79 Å². The first-order chi connectivity index (χ1) is 10.2. The van der Waals surface area contributed by atoms with Gasteiger partial charge in [0.05, 0.1) is 7.11 Å². The van der Waals surface area contributed by atoms with Gasteiger partial charge in [0, 0.05) is 24.1 Å². The average Bonchev–Trinajstić information content (AvgIpc) is 3.27. The van der Waals surface area contributed by atoms with Gasteiger partial charge in [-0.1, -0.05) is 25.1 Å². The summed E-state index contributed by atoms with van der Waals surface area (Å²) < 4.78 is 5.42.